The van der Waals surface area contributed by atoms with E-state index in [1.807, 2.05) is 0 Å². The van der Waals surface area contributed by atoms with Gasteiger partial charge in [0.1, 0.15) is 0 Å². The number of hydrogen-bond acceptors (Lipinski definition) is 4. The number of hydrogen-bond donors (Lipinski definition) is 2. The summed E-state index contributed by atoms with van der Waals surface area (Å²) < 4.78 is 0. The molecule has 0 saturated heterocycles. The van der Waals surface area contributed by atoms with Gasteiger partial charge < -0.3 is 10.4 Å². The van der Waals surface area contributed by atoms with Crippen LogP contribution in [0.15, 0.2) is 24.3 Å². The number of benzene rings is 1. The van der Waals surface area contributed by atoms with Gasteiger partial charge in [-0.15, -0.1) is 0 Å². The Bertz CT molecular complexity index is 484. The third kappa shape index (κ3) is 5.94. The number of carbonyl (C=O) groups excluding carboxylic acids is 1. The summed E-state index contributed by atoms with van der Waals surface area (Å²) in [6.45, 7) is 0.131. The average molecular weight is 280 g/mol. The maximum Gasteiger partial charge on any atom is 0.305 e. The van der Waals surface area contributed by atoms with Crippen LogP contribution in [0.3, 0.4) is 0 Å². The van der Waals surface area contributed by atoms with Crippen LogP contribution in [-0.2, 0) is 16.0 Å². The van der Waals surface area contributed by atoms with E-state index in [1.165, 1.54) is 12.1 Å². The number of nitro groups is 1. The second-order valence-electron chi connectivity index (χ2n) is 4.27. The largest absolute Gasteiger partial charge is 0.481 e. The van der Waals surface area contributed by atoms with Crippen molar-refractivity contribution in [2.45, 2.75) is 25.7 Å². The van der Waals surface area contributed by atoms with Crippen LogP contribution in [0, 0.1) is 10.1 Å². The van der Waals surface area contributed by atoms with Crippen molar-refractivity contribution < 1.29 is 19.6 Å². The highest BCUT2D eigenvalue weighted by Gasteiger charge is 2.05. The molecule has 0 atom stereocenters. The Morgan fingerprint density at radius 2 is 1.85 bits per heavy atom. The number of carboxylic acid groups (broad SMARTS) is 1. The standard InChI is InChI=1S/C13H16N2O5/c16-12(14-9-8-13(17)18)3-1-2-10-4-6-11(7-5-10)15(19)20/h4-7H,1-3,8-9H2,(H,14,16)(H,17,18). The van der Waals surface area contributed by atoms with E-state index in [0.29, 0.717) is 19.3 Å². The van der Waals surface area contributed by atoms with Gasteiger partial charge >= 0.3 is 5.97 Å². The fourth-order valence-electron chi connectivity index (χ4n) is 1.63. The lowest BCUT2D eigenvalue weighted by Crippen LogP contribution is -2.25. The Labute approximate surface area is 115 Å². The number of nitro benzene ring substituents is 1. The highest BCUT2D eigenvalue weighted by atomic mass is 16.6. The third-order valence-electron chi connectivity index (χ3n) is 2.68. The first-order valence-corrected chi connectivity index (χ1v) is 6.21. The molecule has 20 heavy (non-hydrogen) atoms. The van der Waals surface area contributed by atoms with Crippen LogP contribution in [0.4, 0.5) is 5.69 Å². The average Bonchev–Trinajstić information content (AvgIpc) is 2.39. The number of carboxylic acids is 1. The summed E-state index contributed by atoms with van der Waals surface area (Å²) >= 11 is 0. The molecule has 0 spiro atoms. The van der Waals surface area contributed by atoms with Gasteiger partial charge in [0.15, 0.2) is 0 Å². The molecule has 0 radical (unpaired) electrons. The van der Waals surface area contributed by atoms with Crippen LogP contribution in [0.25, 0.3) is 0 Å². The first kappa shape index (κ1) is 15.6. The third-order valence-corrected chi connectivity index (χ3v) is 2.68. The maximum absolute atomic E-state index is 11.4. The van der Waals surface area contributed by atoms with E-state index >= 15 is 0 Å². The minimum atomic E-state index is -0.948. The molecule has 0 aliphatic heterocycles. The molecule has 0 unspecified atom stereocenters. The molecule has 1 rings (SSSR count). The molecule has 1 amide bonds. The molecule has 7 heteroatoms. The predicted octanol–water partition coefficient (Wildman–Crippen LogP) is 1.51. The van der Waals surface area contributed by atoms with Gasteiger partial charge in [-0.25, -0.2) is 0 Å². The zero-order chi connectivity index (χ0) is 15.0. The second-order valence-corrected chi connectivity index (χ2v) is 4.27. The van der Waals surface area contributed by atoms with Crippen LogP contribution in [0.5, 0.6) is 0 Å². The van der Waals surface area contributed by atoms with Crippen LogP contribution >= 0.6 is 0 Å². The van der Waals surface area contributed by atoms with Gasteiger partial charge in [0, 0.05) is 25.1 Å². The number of nitrogens with zero attached hydrogens (tertiary/aromatic N) is 1. The molecule has 108 valence electrons. The number of aliphatic carboxylic acids is 1. The van der Waals surface area contributed by atoms with E-state index in [2.05, 4.69) is 5.32 Å². The molecule has 1 aromatic rings. The van der Waals surface area contributed by atoms with Crippen molar-refractivity contribution in [1.29, 1.82) is 0 Å². The van der Waals surface area contributed by atoms with E-state index in [-0.39, 0.29) is 24.6 Å². The molecule has 0 saturated carbocycles. The minimum absolute atomic E-state index is 0.0418. The summed E-state index contributed by atoms with van der Waals surface area (Å²) in [5.74, 6) is -1.13. The van der Waals surface area contributed by atoms with Gasteiger partial charge in [0.05, 0.1) is 11.3 Å². The summed E-state index contributed by atoms with van der Waals surface area (Å²) in [7, 11) is 0. The van der Waals surface area contributed by atoms with Crippen molar-refractivity contribution in [2.24, 2.45) is 0 Å². The van der Waals surface area contributed by atoms with Crippen LogP contribution in [0.1, 0.15) is 24.8 Å². The summed E-state index contributed by atoms with van der Waals surface area (Å²) in [5, 5.41) is 21.4. The van der Waals surface area contributed by atoms with Crippen molar-refractivity contribution >= 4 is 17.6 Å². The fraction of sp³-hybridized carbons (Fsp3) is 0.385. The van der Waals surface area contributed by atoms with Gasteiger partial charge in [-0.2, -0.15) is 0 Å². The first-order valence-electron chi connectivity index (χ1n) is 6.21. The Balaban J connectivity index is 2.24. The van der Waals surface area contributed by atoms with Crippen molar-refractivity contribution in [1.82, 2.24) is 5.32 Å². The predicted molar refractivity (Wildman–Crippen MR) is 71.3 cm³/mol. The smallest absolute Gasteiger partial charge is 0.305 e. The molecular formula is C13H16N2O5. The Morgan fingerprint density at radius 1 is 1.20 bits per heavy atom. The van der Waals surface area contributed by atoms with Gasteiger partial charge in [-0.3, -0.25) is 19.7 Å². The monoisotopic (exact) mass is 280 g/mol. The highest BCUT2D eigenvalue weighted by Crippen LogP contribution is 2.13. The van der Waals surface area contributed by atoms with E-state index in [1.54, 1.807) is 12.1 Å². The first-order chi connectivity index (χ1) is 9.49. The molecule has 0 heterocycles. The van der Waals surface area contributed by atoms with E-state index in [4.69, 9.17) is 5.11 Å². The summed E-state index contributed by atoms with van der Waals surface area (Å²) in [4.78, 5) is 31.6. The maximum atomic E-state index is 11.4. The molecule has 0 fully saturated rings. The SMILES string of the molecule is O=C(O)CCNC(=O)CCCc1ccc([N+](=O)[O-])cc1. The molecular weight excluding hydrogens is 264 g/mol. The molecule has 2 N–H and O–H groups in total. The molecule has 0 bridgehead atoms. The number of carbonyl (C=O) groups is 2. The van der Waals surface area contributed by atoms with Crippen LogP contribution < -0.4 is 5.32 Å². The lowest BCUT2D eigenvalue weighted by atomic mass is 10.1. The Kier molecular flexibility index (Phi) is 6.15. The summed E-state index contributed by atoms with van der Waals surface area (Å²) in [6.07, 6.45) is 1.46. The molecule has 1 aromatic carbocycles. The van der Waals surface area contributed by atoms with Gasteiger partial charge in [0.25, 0.3) is 5.69 Å². The second kappa shape index (κ2) is 7.88. The van der Waals surface area contributed by atoms with E-state index < -0.39 is 10.9 Å². The number of amides is 1. The van der Waals surface area contributed by atoms with E-state index in [9.17, 15) is 19.7 Å². The van der Waals surface area contributed by atoms with Gasteiger partial charge in [-0.1, -0.05) is 12.1 Å². The Hall–Kier alpha value is -2.44. The molecule has 0 aromatic heterocycles. The number of aryl methyl sites for hydroxylation is 1. The fourth-order valence-corrected chi connectivity index (χ4v) is 1.63. The zero-order valence-corrected chi connectivity index (χ0v) is 10.9. The molecule has 0 aliphatic carbocycles. The van der Waals surface area contributed by atoms with Crippen LogP contribution in [0.2, 0.25) is 0 Å². The minimum Gasteiger partial charge on any atom is -0.481 e. The van der Waals surface area contributed by atoms with Crippen molar-refractivity contribution in [3.05, 3.63) is 39.9 Å². The molecule has 7 nitrogen and oxygen atoms in total. The molecule has 0 aliphatic rings. The quantitative estimate of drug-likeness (QED) is 0.554. The normalized spacial score (nSPS) is 10.0. The topological polar surface area (TPSA) is 110 Å². The van der Waals surface area contributed by atoms with E-state index in [0.717, 1.165) is 5.56 Å². The van der Waals surface area contributed by atoms with Crippen molar-refractivity contribution in [3.63, 3.8) is 0 Å². The zero-order valence-electron chi connectivity index (χ0n) is 10.9. The summed E-state index contributed by atoms with van der Waals surface area (Å²) in [6, 6.07) is 6.20. The van der Waals surface area contributed by atoms with Gasteiger partial charge in [0.2, 0.25) is 5.91 Å². The van der Waals surface area contributed by atoms with Gasteiger partial charge in [-0.05, 0) is 18.4 Å². The van der Waals surface area contributed by atoms with Crippen molar-refractivity contribution in [3.8, 4) is 0 Å². The summed E-state index contributed by atoms with van der Waals surface area (Å²) in [5.41, 5.74) is 0.967. The number of non-ortho nitro benzene ring substituents is 1. The Morgan fingerprint density at radius 3 is 2.40 bits per heavy atom. The van der Waals surface area contributed by atoms with Crippen molar-refractivity contribution in [2.75, 3.05) is 6.54 Å². The lowest BCUT2D eigenvalue weighted by Gasteiger charge is -2.03. The van der Waals surface area contributed by atoms with Crippen LogP contribution in [-0.4, -0.2) is 28.5 Å². The highest BCUT2D eigenvalue weighted by molar-refractivity contribution is 5.76. The number of nitrogens with one attached hydrogen (secondary N) is 1. The number of rotatable bonds is 8. The lowest BCUT2D eigenvalue weighted by molar-refractivity contribution is -0.384.